The minimum atomic E-state index is -0.268. The van der Waals surface area contributed by atoms with E-state index in [-0.39, 0.29) is 18.4 Å². The highest BCUT2D eigenvalue weighted by Gasteiger charge is 2.15. The van der Waals surface area contributed by atoms with E-state index in [4.69, 9.17) is 4.74 Å². The quantitative estimate of drug-likeness (QED) is 0.431. The first kappa shape index (κ1) is 25.5. The van der Waals surface area contributed by atoms with Gasteiger partial charge in [-0.05, 0) is 33.3 Å². The summed E-state index contributed by atoms with van der Waals surface area (Å²) in [5, 5.41) is 11.3. The summed E-state index contributed by atoms with van der Waals surface area (Å²) in [7, 11) is 2.76. The number of carbonyl (C=O) groups is 3. The topological polar surface area (TPSA) is 116 Å². The van der Waals surface area contributed by atoms with Gasteiger partial charge in [-0.25, -0.2) is 0 Å². The van der Waals surface area contributed by atoms with E-state index in [1.165, 1.54) is 14.2 Å². The molecular weight excluding hydrogens is 424 g/mol. The van der Waals surface area contributed by atoms with Gasteiger partial charge in [-0.3, -0.25) is 24.2 Å². The van der Waals surface area contributed by atoms with Crippen LogP contribution in [-0.2, 0) is 38.4 Å². The fraction of sp³-hybridized carbons (Fsp3) is 0.375. The molecule has 176 valence electrons. The number of rotatable bonds is 7. The zero-order valence-corrected chi connectivity index (χ0v) is 19.9. The monoisotopic (exact) mass is 454 g/mol. The highest BCUT2D eigenvalue weighted by molar-refractivity contribution is 5.74. The van der Waals surface area contributed by atoms with Crippen LogP contribution < -0.4 is 0 Å². The Labute approximate surface area is 193 Å². The van der Waals surface area contributed by atoms with Crippen LogP contribution in [0.1, 0.15) is 49.8 Å². The lowest BCUT2D eigenvalue weighted by atomic mass is 10.1. The van der Waals surface area contributed by atoms with Crippen LogP contribution in [0.15, 0.2) is 24.3 Å². The molecule has 2 heterocycles. The SMILES string of the molecule is COC(=O)Cc1c(C)n[nH]c1C.COC(=O)Cc1c(C)nn(Cc2ccc(C=O)cc2)c1C. The number of esters is 2. The predicted molar refractivity (Wildman–Crippen MR) is 122 cm³/mol. The van der Waals surface area contributed by atoms with Crippen LogP contribution in [0.5, 0.6) is 0 Å². The second kappa shape index (κ2) is 11.8. The molecule has 0 unspecified atom stereocenters. The fourth-order valence-corrected chi connectivity index (χ4v) is 3.29. The summed E-state index contributed by atoms with van der Waals surface area (Å²) in [4.78, 5) is 33.0. The first-order chi connectivity index (χ1) is 15.7. The Kier molecular flexibility index (Phi) is 9.08. The molecule has 0 atom stereocenters. The third kappa shape index (κ3) is 6.86. The number of H-pyrrole nitrogens is 1. The maximum atomic E-state index is 11.4. The summed E-state index contributed by atoms with van der Waals surface area (Å²) < 4.78 is 11.1. The van der Waals surface area contributed by atoms with E-state index >= 15 is 0 Å². The minimum absolute atomic E-state index is 0.234. The number of aldehydes is 1. The standard InChI is InChI=1S/C16H18N2O3.C8H12N2O2/c1-11-15(8-16(20)21-3)12(2)18(17-11)9-13-4-6-14(10-19)7-5-13;1-5-7(4-8(11)12-3)6(2)10-9-5/h4-7,10H,8-9H2,1-3H3;4H2,1-3H3,(H,9,10). The molecule has 0 amide bonds. The first-order valence-electron chi connectivity index (χ1n) is 10.4. The number of aryl methyl sites for hydroxylation is 3. The van der Waals surface area contributed by atoms with Gasteiger partial charge in [0.05, 0.1) is 45.0 Å². The van der Waals surface area contributed by atoms with Gasteiger partial charge in [0.2, 0.25) is 0 Å². The van der Waals surface area contributed by atoms with Crippen LogP contribution >= 0.6 is 0 Å². The van der Waals surface area contributed by atoms with Crippen molar-refractivity contribution in [2.24, 2.45) is 0 Å². The molecule has 9 heteroatoms. The third-order valence-electron chi connectivity index (χ3n) is 5.36. The molecule has 1 aromatic carbocycles. The molecule has 0 aliphatic carbocycles. The number of aromatic amines is 1. The normalized spacial score (nSPS) is 10.2. The molecule has 3 aromatic rings. The Morgan fingerprint density at radius 2 is 1.52 bits per heavy atom. The van der Waals surface area contributed by atoms with Crippen molar-refractivity contribution in [3.8, 4) is 0 Å². The smallest absolute Gasteiger partial charge is 0.310 e. The van der Waals surface area contributed by atoms with Gasteiger partial charge in [0.1, 0.15) is 6.29 Å². The number of nitrogens with one attached hydrogen (secondary N) is 1. The van der Waals surface area contributed by atoms with Crippen LogP contribution in [0.25, 0.3) is 0 Å². The van der Waals surface area contributed by atoms with E-state index < -0.39 is 0 Å². The molecule has 0 radical (unpaired) electrons. The van der Waals surface area contributed by atoms with E-state index in [1.54, 1.807) is 12.1 Å². The average molecular weight is 455 g/mol. The van der Waals surface area contributed by atoms with Crippen molar-refractivity contribution in [1.29, 1.82) is 0 Å². The molecule has 0 aliphatic rings. The number of hydrogen-bond donors (Lipinski definition) is 1. The van der Waals surface area contributed by atoms with Crippen molar-refractivity contribution in [2.75, 3.05) is 14.2 Å². The highest BCUT2D eigenvalue weighted by atomic mass is 16.5. The fourth-order valence-electron chi connectivity index (χ4n) is 3.29. The second-order valence-corrected chi connectivity index (χ2v) is 7.58. The maximum Gasteiger partial charge on any atom is 0.310 e. The summed E-state index contributed by atoms with van der Waals surface area (Å²) >= 11 is 0. The first-order valence-corrected chi connectivity index (χ1v) is 10.4. The van der Waals surface area contributed by atoms with Crippen molar-refractivity contribution in [2.45, 2.75) is 47.1 Å². The van der Waals surface area contributed by atoms with Crippen molar-refractivity contribution >= 4 is 18.2 Å². The van der Waals surface area contributed by atoms with Gasteiger partial charge in [0.15, 0.2) is 0 Å². The van der Waals surface area contributed by atoms with E-state index in [1.807, 2.05) is 44.5 Å². The molecule has 1 N–H and O–H groups in total. The molecule has 9 nitrogen and oxygen atoms in total. The van der Waals surface area contributed by atoms with E-state index in [0.717, 1.165) is 45.8 Å². The zero-order chi connectivity index (χ0) is 24.5. The number of methoxy groups -OCH3 is 2. The Morgan fingerprint density at radius 1 is 0.939 bits per heavy atom. The van der Waals surface area contributed by atoms with Crippen molar-refractivity contribution in [3.63, 3.8) is 0 Å². The van der Waals surface area contributed by atoms with Crippen LogP contribution in [-0.4, -0.2) is 52.4 Å². The van der Waals surface area contributed by atoms with Gasteiger partial charge in [0, 0.05) is 28.1 Å². The Hall–Kier alpha value is -3.75. The lowest BCUT2D eigenvalue weighted by molar-refractivity contribution is -0.140. The lowest BCUT2D eigenvalue weighted by Gasteiger charge is -2.06. The average Bonchev–Trinajstić information content (AvgIpc) is 3.27. The molecule has 0 saturated heterocycles. The van der Waals surface area contributed by atoms with E-state index in [0.29, 0.717) is 18.5 Å². The van der Waals surface area contributed by atoms with Gasteiger partial charge >= 0.3 is 11.9 Å². The second-order valence-electron chi connectivity index (χ2n) is 7.58. The van der Waals surface area contributed by atoms with Crippen molar-refractivity contribution in [3.05, 3.63) is 69.3 Å². The number of ether oxygens (including phenoxy) is 2. The molecule has 0 spiro atoms. The molecule has 33 heavy (non-hydrogen) atoms. The minimum Gasteiger partial charge on any atom is -0.469 e. The van der Waals surface area contributed by atoms with Gasteiger partial charge in [0.25, 0.3) is 0 Å². The largest absolute Gasteiger partial charge is 0.469 e. The number of carbonyl (C=O) groups excluding carboxylic acids is 3. The molecule has 0 saturated carbocycles. The number of nitrogens with zero attached hydrogens (tertiary/aromatic N) is 3. The van der Waals surface area contributed by atoms with Crippen LogP contribution in [0.4, 0.5) is 0 Å². The predicted octanol–water partition coefficient (Wildman–Crippen LogP) is 2.82. The molecule has 3 rings (SSSR count). The van der Waals surface area contributed by atoms with Crippen molar-refractivity contribution < 1.29 is 23.9 Å². The van der Waals surface area contributed by atoms with E-state index in [9.17, 15) is 14.4 Å². The summed E-state index contributed by atoms with van der Waals surface area (Å²) in [6.45, 7) is 8.18. The van der Waals surface area contributed by atoms with Gasteiger partial charge in [-0.15, -0.1) is 0 Å². The van der Waals surface area contributed by atoms with E-state index in [2.05, 4.69) is 20.0 Å². The number of benzene rings is 1. The molecule has 0 fully saturated rings. The Morgan fingerprint density at radius 3 is 2.00 bits per heavy atom. The Balaban J connectivity index is 0.000000273. The zero-order valence-electron chi connectivity index (χ0n) is 19.9. The maximum absolute atomic E-state index is 11.4. The third-order valence-corrected chi connectivity index (χ3v) is 5.36. The van der Waals surface area contributed by atoms with Crippen LogP contribution in [0, 0.1) is 27.7 Å². The lowest BCUT2D eigenvalue weighted by Crippen LogP contribution is -2.07. The summed E-state index contributed by atoms with van der Waals surface area (Å²) in [6.07, 6.45) is 1.35. The molecular formula is C24H30N4O5. The summed E-state index contributed by atoms with van der Waals surface area (Å²) in [6, 6.07) is 7.37. The highest BCUT2D eigenvalue weighted by Crippen LogP contribution is 2.16. The molecule has 0 bridgehead atoms. The van der Waals surface area contributed by atoms with Crippen LogP contribution in [0.2, 0.25) is 0 Å². The van der Waals surface area contributed by atoms with Gasteiger partial charge in [-0.2, -0.15) is 10.2 Å². The van der Waals surface area contributed by atoms with Crippen molar-refractivity contribution in [1.82, 2.24) is 20.0 Å². The molecule has 2 aromatic heterocycles. The number of aromatic nitrogens is 4. The van der Waals surface area contributed by atoms with Gasteiger partial charge in [-0.1, -0.05) is 24.3 Å². The molecule has 0 aliphatic heterocycles. The van der Waals surface area contributed by atoms with Gasteiger partial charge < -0.3 is 9.47 Å². The Bertz CT molecular complexity index is 1090. The summed E-state index contributed by atoms with van der Waals surface area (Å²) in [5.41, 5.74) is 7.12. The van der Waals surface area contributed by atoms with Crippen LogP contribution in [0.3, 0.4) is 0 Å². The number of hydrogen-bond acceptors (Lipinski definition) is 7. The summed E-state index contributed by atoms with van der Waals surface area (Å²) in [5.74, 6) is -0.501.